The van der Waals surface area contributed by atoms with E-state index in [0.717, 1.165) is 17.0 Å². The zero-order valence-electron chi connectivity index (χ0n) is 10.6. The maximum Gasteiger partial charge on any atom is 0.153 e. The molecule has 0 aliphatic carbocycles. The van der Waals surface area contributed by atoms with E-state index in [1.807, 2.05) is 44.2 Å². The lowest BCUT2D eigenvalue weighted by molar-refractivity contribution is 0.340. The van der Waals surface area contributed by atoms with Crippen molar-refractivity contribution in [2.24, 2.45) is 0 Å². The van der Waals surface area contributed by atoms with E-state index in [-0.39, 0.29) is 0 Å². The van der Waals surface area contributed by atoms with Crippen LogP contribution in [0.5, 0.6) is 5.75 Å². The van der Waals surface area contributed by atoms with Gasteiger partial charge in [0, 0.05) is 11.9 Å². The summed E-state index contributed by atoms with van der Waals surface area (Å²) in [5.41, 5.74) is 8.58. The van der Waals surface area contributed by atoms with Crippen LogP contribution in [-0.2, 0) is 0 Å². The first-order chi connectivity index (χ1) is 8.70. The van der Waals surface area contributed by atoms with Gasteiger partial charge in [0.05, 0.1) is 12.3 Å². The number of anilines is 3. The zero-order valence-corrected chi connectivity index (χ0v) is 10.6. The van der Waals surface area contributed by atoms with Crippen molar-refractivity contribution < 1.29 is 4.74 Å². The number of aryl methyl sites for hydroxylation is 1. The number of hydrogen-bond acceptors (Lipinski definition) is 4. The maximum absolute atomic E-state index is 5.96. The van der Waals surface area contributed by atoms with Crippen molar-refractivity contribution in [3.05, 3.63) is 42.1 Å². The number of benzene rings is 1. The molecule has 4 nitrogen and oxygen atoms in total. The van der Waals surface area contributed by atoms with Gasteiger partial charge < -0.3 is 15.8 Å². The lowest BCUT2D eigenvalue weighted by atomic mass is 10.2. The molecule has 0 atom stereocenters. The Morgan fingerprint density at radius 2 is 1.94 bits per heavy atom. The fraction of sp³-hybridized carbons (Fsp3) is 0.214. The molecule has 0 unspecified atom stereocenters. The summed E-state index contributed by atoms with van der Waals surface area (Å²) in [6.07, 6.45) is 1.74. The van der Waals surface area contributed by atoms with E-state index in [4.69, 9.17) is 10.5 Å². The van der Waals surface area contributed by atoms with Crippen molar-refractivity contribution in [1.29, 1.82) is 0 Å². The highest BCUT2D eigenvalue weighted by Gasteiger charge is 2.03. The summed E-state index contributed by atoms with van der Waals surface area (Å²) in [7, 11) is 0. The van der Waals surface area contributed by atoms with Crippen molar-refractivity contribution in [3.63, 3.8) is 0 Å². The molecule has 3 N–H and O–H groups in total. The minimum Gasteiger partial charge on any atom is -0.494 e. The summed E-state index contributed by atoms with van der Waals surface area (Å²) in [5.74, 6) is 1.53. The van der Waals surface area contributed by atoms with Crippen LogP contribution in [0.4, 0.5) is 17.2 Å². The summed E-state index contributed by atoms with van der Waals surface area (Å²) in [6, 6.07) is 9.59. The van der Waals surface area contributed by atoms with E-state index in [2.05, 4.69) is 10.3 Å². The minimum absolute atomic E-state index is 0.666. The molecule has 2 rings (SSSR count). The second-order valence-electron chi connectivity index (χ2n) is 3.97. The van der Waals surface area contributed by atoms with Crippen LogP contribution in [0.3, 0.4) is 0 Å². The molecule has 0 spiro atoms. The molecule has 94 valence electrons. The Balaban J connectivity index is 2.16. The number of ether oxygens (including phenoxy) is 1. The van der Waals surface area contributed by atoms with Crippen LogP contribution in [0.1, 0.15) is 12.5 Å². The Hall–Kier alpha value is -2.23. The third-order valence-electron chi connectivity index (χ3n) is 2.64. The van der Waals surface area contributed by atoms with Crippen molar-refractivity contribution in [3.8, 4) is 5.75 Å². The molecule has 4 heteroatoms. The number of nitrogens with two attached hydrogens (primary N) is 1. The van der Waals surface area contributed by atoms with Gasteiger partial charge >= 0.3 is 0 Å². The summed E-state index contributed by atoms with van der Waals surface area (Å²) in [4.78, 5) is 4.23. The molecule has 0 bridgehead atoms. The molecule has 0 aliphatic heterocycles. The average Bonchev–Trinajstić information content (AvgIpc) is 2.38. The van der Waals surface area contributed by atoms with E-state index in [1.54, 1.807) is 6.20 Å². The molecule has 0 amide bonds. The Morgan fingerprint density at radius 3 is 2.61 bits per heavy atom. The summed E-state index contributed by atoms with van der Waals surface area (Å²) < 4.78 is 5.39. The Bertz CT molecular complexity index is 523. The zero-order chi connectivity index (χ0) is 13.0. The molecule has 0 aliphatic rings. The predicted octanol–water partition coefficient (Wildman–Crippen LogP) is 3.11. The Kier molecular flexibility index (Phi) is 3.67. The van der Waals surface area contributed by atoms with Gasteiger partial charge in [0.2, 0.25) is 0 Å². The molecule has 18 heavy (non-hydrogen) atoms. The molecule has 0 saturated heterocycles. The third kappa shape index (κ3) is 2.71. The number of nitrogens with one attached hydrogen (secondary N) is 1. The number of nitrogen functional groups attached to an aromatic ring is 1. The van der Waals surface area contributed by atoms with Gasteiger partial charge in [-0.2, -0.15) is 0 Å². The van der Waals surface area contributed by atoms with Gasteiger partial charge in [-0.1, -0.05) is 0 Å². The molecule has 1 aromatic carbocycles. The van der Waals surface area contributed by atoms with Crippen LogP contribution in [0.2, 0.25) is 0 Å². The monoisotopic (exact) mass is 243 g/mol. The molecule has 1 aromatic heterocycles. The lowest BCUT2D eigenvalue weighted by Gasteiger charge is -2.10. The van der Waals surface area contributed by atoms with Crippen molar-refractivity contribution in [1.82, 2.24) is 4.98 Å². The van der Waals surface area contributed by atoms with E-state index in [1.165, 1.54) is 0 Å². The summed E-state index contributed by atoms with van der Waals surface area (Å²) >= 11 is 0. The predicted molar refractivity (Wildman–Crippen MR) is 74.3 cm³/mol. The first kappa shape index (κ1) is 12.2. The van der Waals surface area contributed by atoms with Gasteiger partial charge in [-0.3, -0.25) is 0 Å². The molecule has 1 heterocycles. The number of pyridine rings is 1. The van der Waals surface area contributed by atoms with Gasteiger partial charge in [0.25, 0.3) is 0 Å². The van der Waals surface area contributed by atoms with Crippen molar-refractivity contribution in [2.75, 3.05) is 17.7 Å². The first-order valence-electron chi connectivity index (χ1n) is 5.91. The second-order valence-corrected chi connectivity index (χ2v) is 3.97. The second kappa shape index (κ2) is 5.40. The highest BCUT2D eigenvalue weighted by molar-refractivity contribution is 5.71. The number of aromatic nitrogens is 1. The van der Waals surface area contributed by atoms with Gasteiger partial charge in [-0.15, -0.1) is 0 Å². The smallest absolute Gasteiger partial charge is 0.153 e. The molecule has 0 fully saturated rings. The van der Waals surface area contributed by atoms with Crippen LogP contribution in [0.15, 0.2) is 36.5 Å². The number of rotatable bonds is 4. The Labute approximate surface area is 107 Å². The summed E-state index contributed by atoms with van der Waals surface area (Å²) in [6.45, 7) is 4.59. The summed E-state index contributed by atoms with van der Waals surface area (Å²) in [5, 5.41) is 3.19. The standard InChI is InChI=1S/C14H17N3O/c1-3-18-12-6-4-11(5-7-12)17-14-13(15)10(2)8-9-16-14/h4-9H,3,15H2,1-2H3,(H,16,17). The van der Waals surface area contributed by atoms with E-state index in [0.29, 0.717) is 18.1 Å². The third-order valence-corrected chi connectivity index (χ3v) is 2.64. The highest BCUT2D eigenvalue weighted by atomic mass is 16.5. The van der Waals surface area contributed by atoms with Crippen LogP contribution in [0, 0.1) is 6.92 Å². The van der Waals surface area contributed by atoms with E-state index < -0.39 is 0 Å². The van der Waals surface area contributed by atoms with Crippen molar-refractivity contribution in [2.45, 2.75) is 13.8 Å². The largest absolute Gasteiger partial charge is 0.494 e. The SMILES string of the molecule is CCOc1ccc(Nc2nccc(C)c2N)cc1. The molecule has 0 radical (unpaired) electrons. The maximum atomic E-state index is 5.96. The van der Waals surface area contributed by atoms with Crippen LogP contribution in [0.25, 0.3) is 0 Å². The lowest BCUT2D eigenvalue weighted by Crippen LogP contribution is -2.00. The number of nitrogens with zero attached hydrogens (tertiary/aromatic N) is 1. The fourth-order valence-electron chi connectivity index (χ4n) is 1.61. The number of hydrogen-bond donors (Lipinski definition) is 2. The molecule has 2 aromatic rings. The minimum atomic E-state index is 0.666. The average molecular weight is 243 g/mol. The quantitative estimate of drug-likeness (QED) is 0.866. The van der Waals surface area contributed by atoms with Crippen molar-refractivity contribution >= 4 is 17.2 Å². The van der Waals surface area contributed by atoms with Gasteiger partial charge in [0.15, 0.2) is 5.82 Å². The fourth-order valence-corrected chi connectivity index (χ4v) is 1.61. The van der Waals surface area contributed by atoms with Gasteiger partial charge in [-0.05, 0) is 49.7 Å². The molecule has 0 saturated carbocycles. The van der Waals surface area contributed by atoms with Crippen LogP contribution < -0.4 is 15.8 Å². The van der Waals surface area contributed by atoms with E-state index >= 15 is 0 Å². The molecular formula is C14H17N3O. The first-order valence-corrected chi connectivity index (χ1v) is 5.91. The topological polar surface area (TPSA) is 60.2 Å². The van der Waals surface area contributed by atoms with Gasteiger partial charge in [-0.25, -0.2) is 4.98 Å². The van der Waals surface area contributed by atoms with E-state index in [9.17, 15) is 0 Å². The molecular weight excluding hydrogens is 226 g/mol. The van der Waals surface area contributed by atoms with Gasteiger partial charge in [0.1, 0.15) is 5.75 Å². The Morgan fingerprint density at radius 1 is 1.22 bits per heavy atom. The van der Waals surface area contributed by atoms with Crippen LogP contribution in [-0.4, -0.2) is 11.6 Å². The van der Waals surface area contributed by atoms with Crippen LogP contribution >= 0.6 is 0 Å². The normalized spacial score (nSPS) is 10.1. The highest BCUT2D eigenvalue weighted by Crippen LogP contribution is 2.24.